The summed E-state index contributed by atoms with van der Waals surface area (Å²) in [6.07, 6.45) is 10.9. The second-order valence-corrected chi connectivity index (χ2v) is 10.6. The van der Waals surface area contributed by atoms with Crippen molar-refractivity contribution in [3.63, 3.8) is 0 Å². The zero-order valence-corrected chi connectivity index (χ0v) is 21.4. The van der Waals surface area contributed by atoms with Crippen LogP contribution < -0.4 is 5.32 Å². The predicted molar refractivity (Wildman–Crippen MR) is 142 cm³/mol. The molecule has 178 valence electrons. The minimum atomic E-state index is -1.63. The van der Waals surface area contributed by atoms with Gasteiger partial charge in [0.15, 0.2) is 0 Å². The van der Waals surface area contributed by atoms with Crippen molar-refractivity contribution in [1.29, 1.82) is 0 Å². The number of aliphatic hydroxyl groups is 1. The molecular weight excluding hydrogens is 422 g/mol. The molecule has 2 aliphatic carbocycles. The van der Waals surface area contributed by atoms with Crippen LogP contribution in [-0.4, -0.2) is 52.9 Å². The molecule has 7 unspecified atom stereocenters. The Hall–Kier alpha value is -1.75. The molecule has 0 saturated heterocycles. The summed E-state index contributed by atoms with van der Waals surface area (Å²) in [5.41, 5.74) is 4.87. The Bertz CT molecular complexity index is 890. The third-order valence-corrected chi connectivity index (χ3v) is 7.35. The van der Waals surface area contributed by atoms with E-state index >= 15 is 0 Å². The van der Waals surface area contributed by atoms with E-state index in [2.05, 4.69) is 45.2 Å². The van der Waals surface area contributed by atoms with Crippen LogP contribution in [0, 0.1) is 11.3 Å². The van der Waals surface area contributed by atoms with E-state index < -0.39 is 41.7 Å². The molecule has 0 aromatic rings. The van der Waals surface area contributed by atoms with Crippen LogP contribution in [0.4, 0.5) is 4.39 Å². The summed E-state index contributed by atoms with van der Waals surface area (Å²) < 4.78 is 14.0. The third-order valence-electron chi connectivity index (χ3n) is 7.35. The fourth-order valence-electron chi connectivity index (χ4n) is 4.71. The SMILES string of the molecule is [B]C1C([B])C(NC(=O)/C=C(C)/C=C/C=C(C)/C=C/C2=C(C)C(C)CCC2(C)C)C(O)C([B])C1F. The maximum Gasteiger partial charge on any atom is 0.244 e. The van der Waals surface area contributed by atoms with E-state index in [9.17, 15) is 14.3 Å². The molecule has 1 saturated carbocycles. The van der Waals surface area contributed by atoms with E-state index in [1.807, 2.05) is 25.2 Å². The topological polar surface area (TPSA) is 49.3 Å². The van der Waals surface area contributed by atoms with Crippen LogP contribution in [0.5, 0.6) is 0 Å². The molecule has 2 N–H and O–H groups in total. The number of alkyl halides is 1. The number of hydrogen-bond donors (Lipinski definition) is 2. The van der Waals surface area contributed by atoms with Gasteiger partial charge in [-0.2, -0.15) is 0 Å². The van der Waals surface area contributed by atoms with Crippen LogP contribution in [0.15, 0.2) is 58.7 Å². The Kier molecular flexibility index (Phi) is 9.88. The Labute approximate surface area is 209 Å². The first-order valence-corrected chi connectivity index (χ1v) is 12.1. The summed E-state index contributed by atoms with van der Waals surface area (Å²) in [7, 11) is 17.4. The molecule has 0 heterocycles. The Morgan fingerprint density at radius 3 is 2.41 bits per heavy atom. The van der Waals surface area contributed by atoms with Gasteiger partial charge in [0.25, 0.3) is 0 Å². The maximum absolute atomic E-state index is 14.0. The van der Waals surface area contributed by atoms with Crippen molar-refractivity contribution in [3.8, 4) is 0 Å². The van der Waals surface area contributed by atoms with Gasteiger partial charge in [0, 0.05) is 12.1 Å². The van der Waals surface area contributed by atoms with Gasteiger partial charge in [-0.05, 0) is 67.7 Å². The summed E-state index contributed by atoms with van der Waals surface area (Å²) in [5, 5.41) is 12.8. The van der Waals surface area contributed by atoms with Crippen molar-refractivity contribution >= 4 is 29.4 Å². The van der Waals surface area contributed by atoms with Crippen LogP contribution in [-0.2, 0) is 4.79 Å². The summed E-state index contributed by atoms with van der Waals surface area (Å²) in [5.74, 6) is -3.03. The fourth-order valence-corrected chi connectivity index (χ4v) is 4.71. The number of allylic oxidation sites excluding steroid dienone is 9. The third kappa shape index (κ3) is 6.90. The molecule has 3 nitrogen and oxygen atoms in total. The molecule has 0 bridgehead atoms. The van der Waals surface area contributed by atoms with Gasteiger partial charge < -0.3 is 10.4 Å². The Morgan fingerprint density at radius 1 is 1.12 bits per heavy atom. The molecule has 7 heteroatoms. The second kappa shape index (κ2) is 11.8. The van der Waals surface area contributed by atoms with Crippen LogP contribution in [0.1, 0.15) is 54.4 Å². The second-order valence-electron chi connectivity index (χ2n) is 10.6. The number of carbonyl (C=O) groups excluding carboxylic acids is 1. The molecule has 0 aromatic carbocycles. The van der Waals surface area contributed by atoms with Gasteiger partial charge >= 0.3 is 0 Å². The number of halogens is 1. The summed E-state index contributed by atoms with van der Waals surface area (Å²) in [6.45, 7) is 13.0. The highest BCUT2D eigenvalue weighted by atomic mass is 19.1. The van der Waals surface area contributed by atoms with Gasteiger partial charge in [-0.15, -0.1) is 0 Å². The van der Waals surface area contributed by atoms with Gasteiger partial charge in [0.2, 0.25) is 5.91 Å². The van der Waals surface area contributed by atoms with Gasteiger partial charge in [0.05, 0.1) is 35.8 Å². The number of hydrogen-bond acceptors (Lipinski definition) is 2. The lowest BCUT2D eigenvalue weighted by atomic mass is 9.51. The van der Waals surface area contributed by atoms with E-state index in [1.54, 1.807) is 6.92 Å². The van der Waals surface area contributed by atoms with Crippen LogP contribution in [0.3, 0.4) is 0 Å². The first-order valence-electron chi connectivity index (χ1n) is 12.1. The van der Waals surface area contributed by atoms with Gasteiger partial charge in [0.1, 0.15) is 0 Å². The standard InChI is InChI=1S/C27H37B3FNO2/c1-15(10-11-19-18(4)17(3)12-13-27(19,5)6)8-7-9-16(2)14-20(33)32-25-22(29)21(28)24(31)23(30)26(25)34/h7-11,14,17,21-26,34H,12-13H2,1-6H3,(H,32,33)/b9-7+,11-10+,15-8+,16-14+. The smallest absolute Gasteiger partial charge is 0.244 e. The molecule has 7 atom stereocenters. The number of aliphatic hydroxyl groups excluding tert-OH is 1. The largest absolute Gasteiger partial charge is 0.391 e. The molecular formula is C27H37B3FNO2. The minimum Gasteiger partial charge on any atom is -0.391 e. The zero-order chi connectivity index (χ0) is 25.8. The van der Waals surface area contributed by atoms with E-state index in [0.29, 0.717) is 11.5 Å². The number of amides is 1. The molecule has 2 rings (SSSR count). The molecule has 1 amide bonds. The van der Waals surface area contributed by atoms with E-state index in [1.165, 1.54) is 30.1 Å². The molecule has 2 aliphatic rings. The van der Waals surface area contributed by atoms with Gasteiger partial charge in [-0.3, -0.25) is 4.79 Å². The Morgan fingerprint density at radius 2 is 1.76 bits per heavy atom. The van der Waals surface area contributed by atoms with Crippen molar-refractivity contribution in [1.82, 2.24) is 5.32 Å². The molecule has 1 fully saturated rings. The van der Waals surface area contributed by atoms with Crippen molar-refractivity contribution in [2.24, 2.45) is 11.3 Å². The zero-order valence-electron chi connectivity index (χ0n) is 21.4. The monoisotopic (exact) mass is 459 g/mol. The van der Waals surface area contributed by atoms with Crippen molar-refractivity contribution in [3.05, 3.63) is 58.7 Å². The van der Waals surface area contributed by atoms with E-state index in [0.717, 1.165) is 5.57 Å². The van der Waals surface area contributed by atoms with Crippen LogP contribution in [0.25, 0.3) is 0 Å². The predicted octanol–water partition coefficient (Wildman–Crippen LogP) is 4.83. The highest BCUT2D eigenvalue weighted by Crippen LogP contribution is 2.44. The maximum atomic E-state index is 14.0. The molecule has 0 aliphatic heterocycles. The molecule has 34 heavy (non-hydrogen) atoms. The first-order chi connectivity index (χ1) is 15.8. The minimum absolute atomic E-state index is 0.184. The first kappa shape index (κ1) is 28.5. The molecule has 0 aromatic heterocycles. The van der Waals surface area contributed by atoms with E-state index in [4.69, 9.17) is 23.5 Å². The van der Waals surface area contributed by atoms with Crippen molar-refractivity contribution < 1.29 is 14.3 Å². The summed E-state index contributed by atoms with van der Waals surface area (Å²) in [4.78, 5) is 12.4. The highest BCUT2D eigenvalue weighted by Gasteiger charge is 2.44. The van der Waals surface area contributed by atoms with Crippen LogP contribution in [0.2, 0.25) is 17.5 Å². The molecule has 6 radical (unpaired) electrons. The Balaban J connectivity index is 2.01. The number of rotatable bonds is 6. The van der Waals surface area contributed by atoms with Crippen LogP contribution >= 0.6 is 0 Å². The van der Waals surface area contributed by atoms with Crippen molar-refractivity contribution in [2.75, 3.05) is 0 Å². The quantitative estimate of drug-likeness (QED) is 0.340. The normalized spacial score (nSPS) is 35.2. The average Bonchev–Trinajstić information content (AvgIpc) is 2.76. The lowest BCUT2D eigenvalue weighted by molar-refractivity contribution is -0.118. The highest BCUT2D eigenvalue weighted by molar-refractivity contribution is 6.23. The number of carbonyl (C=O) groups is 1. The van der Waals surface area contributed by atoms with Gasteiger partial charge in [-0.25, -0.2) is 4.39 Å². The summed E-state index contributed by atoms with van der Waals surface area (Å²) >= 11 is 0. The van der Waals surface area contributed by atoms with Gasteiger partial charge in [-0.1, -0.05) is 68.1 Å². The lowest BCUT2D eigenvalue weighted by Gasteiger charge is -2.45. The fraction of sp³-hybridized carbons (Fsp3) is 0.593. The molecule has 0 spiro atoms. The summed E-state index contributed by atoms with van der Waals surface area (Å²) in [6, 6.07) is -0.922. The number of nitrogens with one attached hydrogen (secondary N) is 1. The average molecular weight is 459 g/mol. The lowest BCUT2D eigenvalue weighted by Crippen LogP contribution is -2.55. The van der Waals surface area contributed by atoms with Crippen molar-refractivity contribution in [2.45, 2.75) is 90.2 Å². The van der Waals surface area contributed by atoms with E-state index in [-0.39, 0.29) is 5.41 Å².